The molecule has 0 bridgehead atoms. The normalized spacial score (nSPS) is 15.5. The molecule has 0 heterocycles. The predicted molar refractivity (Wildman–Crippen MR) is 183 cm³/mol. The third kappa shape index (κ3) is 7.90. The molecule has 4 aromatic carbocycles. The van der Waals surface area contributed by atoms with Gasteiger partial charge in [0.25, 0.3) is 20.2 Å². The second-order valence-corrected chi connectivity index (χ2v) is 14.1. The highest BCUT2D eigenvalue weighted by molar-refractivity contribution is 7.86. The zero-order valence-corrected chi connectivity index (χ0v) is 27.4. The third-order valence-corrected chi connectivity index (χ3v) is 9.48. The number of hydrogen-bond donors (Lipinski definition) is 3. The summed E-state index contributed by atoms with van der Waals surface area (Å²) in [4.78, 5) is 4.36. The molecule has 11 heteroatoms. The summed E-state index contributed by atoms with van der Waals surface area (Å²) in [6, 6.07) is 25.9. The van der Waals surface area contributed by atoms with Gasteiger partial charge in [-0.2, -0.15) is 16.8 Å². The Hall–Kier alpha value is -4.32. The average Bonchev–Trinajstić information content (AvgIpc) is 3.01. The molecular formula is C35H31ClN2O6S2. The van der Waals surface area contributed by atoms with E-state index in [1.54, 1.807) is 24.3 Å². The van der Waals surface area contributed by atoms with Crippen LogP contribution in [0, 0.1) is 6.92 Å². The van der Waals surface area contributed by atoms with Crippen LogP contribution in [-0.2, 0) is 33.3 Å². The van der Waals surface area contributed by atoms with Gasteiger partial charge in [-0.3, -0.25) is 14.1 Å². The van der Waals surface area contributed by atoms with Crippen LogP contribution in [0.15, 0.2) is 135 Å². The first kappa shape index (κ1) is 33.1. The van der Waals surface area contributed by atoms with Crippen molar-refractivity contribution in [2.45, 2.75) is 36.7 Å². The first-order chi connectivity index (χ1) is 21.8. The Kier molecular flexibility index (Phi) is 9.76. The van der Waals surface area contributed by atoms with Gasteiger partial charge < -0.3 is 5.32 Å². The van der Waals surface area contributed by atoms with Crippen LogP contribution < -0.4 is 5.32 Å². The van der Waals surface area contributed by atoms with Gasteiger partial charge in [0.05, 0.1) is 22.0 Å². The molecule has 46 heavy (non-hydrogen) atoms. The van der Waals surface area contributed by atoms with Gasteiger partial charge >= 0.3 is 0 Å². The number of nitrogens with one attached hydrogen (secondary N) is 1. The number of anilines is 1. The molecule has 0 aliphatic heterocycles. The molecule has 0 aromatic heterocycles. The van der Waals surface area contributed by atoms with Crippen LogP contribution in [0.5, 0.6) is 0 Å². The van der Waals surface area contributed by atoms with Gasteiger partial charge in [-0.05, 0) is 107 Å². The first-order valence-electron chi connectivity index (χ1n) is 14.2. The lowest BCUT2D eigenvalue weighted by Gasteiger charge is -2.19. The summed E-state index contributed by atoms with van der Waals surface area (Å²) in [6.45, 7) is 4.53. The highest BCUT2D eigenvalue weighted by Crippen LogP contribution is 2.36. The van der Waals surface area contributed by atoms with Crippen molar-refractivity contribution in [3.8, 4) is 0 Å². The minimum atomic E-state index is -4.30. The molecule has 5 rings (SSSR count). The molecule has 0 unspecified atom stereocenters. The third-order valence-electron chi connectivity index (χ3n) is 7.45. The summed E-state index contributed by atoms with van der Waals surface area (Å²) >= 11 is 6.71. The molecule has 4 aromatic rings. The Labute approximate surface area is 274 Å². The molecule has 0 atom stereocenters. The van der Waals surface area contributed by atoms with Crippen molar-refractivity contribution in [2.75, 3.05) is 5.32 Å². The zero-order valence-electron chi connectivity index (χ0n) is 25.0. The smallest absolute Gasteiger partial charge is 0.294 e. The Bertz CT molecular complexity index is 2170. The minimum Gasteiger partial charge on any atom is -0.381 e. The van der Waals surface area contributed by atoms with Crippen molar-refractivity contribution in [3.63, 3.8) is 0 Å². The molecule has 0 saturated heterocycles. The fraction of sp³-hybridized carbons (Fsp3) is 0.114. The SMILES string of the molecule is CC1=CC(=C(c2ccc(NCc3cccc(S(=O)(=O)O)c3)c(C)c2)c2ccccc2Cl)C=CC1=NCc1cccc(S(=O)(=O)O)c1. The number of aliphatic imine (C=N–C) groups is 1. The topological polar surface area (TPSA) is 133 Å². The van der Waals surface area contributed by atoms with E-state index in [4.69, 9.17) is 11.6 Å². The molecule has 236 valence electrons. The molecule has 1 aliphatic carbocycles. The molecular weight excluding hydrogens is 644 g/mol. The maximum atomic E-state index is 11.5. The highest BCUT2D eigenvalue weighted by atomic mass is 35.5. The summed E-state index contributed by atoms with van der Waals surface area (Å²) in [5, 5.41) is 3.95. The van der Waals surface area contributed by atoms with E-state index < -0.39 is 20.2 Å². The first-order valence-corrected chi connectivity index (χ1v) is 17.4. The molecule has 1 aliphatic rings. The van der Waals surface area contributed by atoms with Gasteiger partial charge in [-0.25, -0.2) is 0 Å². The fourth-order valence-electron chi connectivity index (χ4n) is 5.14. The maximum Gasteiger partial charge on any atom is 0.294 e. The molecule has 3 N–H and O–H groups in total. The number of halogens is 1. The molecule has 0 radical (unpaired) electrons. The highest BCUT2D eigenvalue weighted by Gasteiger charge is 2.17. The molecule has 8 nitrogen and oxygen atoms in total. The van der Waals surface area contributed by atoms with Crippen molar-refractivity contribution >= 4 is 48.8 Å². The van der Waals surface area contributed by atoms with E-state index in [0.29, 0.717) is 22.7 Å². The lowest BCUT2D eigenvalue weighted by molar-refractivity contribution is 0.481. The van der Waals surface area contributed by atoms with E-state index in [9.17, 15) is 25.9 Å². The quantitative estimate of drug-likeness (QED) is 0.155. The summed E-state index contributed by atoms with van der Waals surface area (Å²) in [6.07, 6.45) is 5.93. The van der Waals surface area contributed by atoms with Crippen LogP contribution in [-0.4, -0.2) is 31.7 Å². The Morgan fingerprint density at radius 2 is 1.43 bits per heavy atom. The van der Waals surface area contributed by atoms with Gasteiger partial charge in [-0.1, -0.05) is 66.2 Å². The van der Waals surface area contributed by atoms with Crippen molar-refractivity contribution < 1.29 is 25.9 Å². The standard InChI is InChI=1S/C35H31ClN2O6S2/c1-23-17-27(13-15-33(23)37-21-25-7-5-9-29(19-25)45(39,40)41)35(31-11-3-4-12-32(31)36)28-14-16-34(24(2)18-28)38-22-26-8-6-10-30(20-26)46(42,43)44/h3-20,37H,21-22H2,1-2H3,(H,39,40,41)(H,42,43,44). The van der Waals surface area contributed by atoms with Crippen molar-refractivity contribution in [3.05, 3.63) is 153 Å². The zero-order chi connectivity index (χ0) is 33.1. The molecule has 0 amide bonds. The lowest BCUT2D eigenvalue weighted by Crippen LogP contribution is -2.05. The monoisotopic (exact) mass is 674 g/mol. The number of benzene rings is 4. The summed E-state index contributed by atoms with van der Waals surface area (Å²) < 4.78 is 64.9. The second kappa shape index (κ2) is 13.6. The number of hydrogen-bond acceptors (Lipinski definition) is 6. The number of nitrogens with zero attached hydrogens (tertiary/aromatic N) is 1. The van der Waals surface area contributed by atoms with E-state index in [0.717, 1.165) is 44.8 Å². The van der Waals surface area contributed by atoms with E-state index >= 15 is 0 Å². The van der Waals surface area contributed by atoms with Crippen molar-refractivity contribution in [2.24, 2.45) is 4.99 Å². The lowest BCUT2D eigenvalue weighted by atomic mass is 9.88. The van der Waals surface area contributed by atoms with Gasteiger partial charge in [-0.15, -0.1) is 0 Å². The van der Waals surface area contributed by atoms with Gasteiger partial charge in [0.2, 0.25) is 0 Å². The van der Waals surface area contributed by atoms with Crippen LogP contribution in [0.1, 0.15) is 34.7 Å². The Balaban J connectivity index is 1.45. The fourth-order valence-corrected chi connectivity index (χ4v) is 6.47. The van der Waals surface area contributed by atoms with Crippen molar-refractivity contribution in [1.82, 2.24) is 0 Å². The van der Waals surface area contributed by atoms with E-state index in [1.165, 1.54) is 24.3 Å². The predicted octanol–water partition coefficient (Wildman–Crippen LogP) is 7.71. The van der Waals surface area contributed by atoms with Crippen LogP contribution in [0.2, 0.25) is 5.02 Å². The Morgan fingerprint density at radius 3 is 2.07 bits per heavy atom. The van der Waals surface area contributed by atoms with Gasteiger partial charge in [0, 0.05) is 22.8 Å². The van der Waals surface area contributed by atoms with Crippen LogP contribution in [0.4, 0.5) is 5.69 Å². The number of rotatable bonds is 9. The van der Waals surface area contributed by atoms with Gasteiger partial charge in [0.1, 0.15) is 0 Å². The summed E-state index contributed by atoms with van der Waals surface area (Å²) in [7, 11) is -8.60. The van der Waals surface area contributed by atoms with E-state index in [2.05, 4.69) is 16.4 Å². The van der Waals surface area contributed by atoms with E-state index in [-0.39, 0.29) is 16.3 Å². The summed E-state index contributed by atoms with van der Waals surface area (Å²) in [5.74, 6) is 0. The average molecular weight is 675 g/mol. The van der Waals surface area contributed by atoms with Crippen LogP contribution >= 0.6 is 11.6 Å². The molecule has 0 fully saturated rings. The summed E-state index contributed by atoms with van der Waals surface area (Å²) in [5.41, 5.74) is 8.49. The number of aryl methyl sites for hydroxylation is 1. The maximum absolute atomic E-state index is 11.5. The van der Waals surface area contributed by atoms with Crippen LogP contribution in [0.3, 0.4) is 0 Å². The van der Waals surface area contributed by atoms with Crippen LogP contribution in [0.25, 0.3) is 5.57 Å². The van der Waals surface area contributed by atoms with Crippen molar-refractivity contribution in [1.29, 1.82) is 0 Å². The second-order valence-electron chi connectivity index (χ2n) is 10.8. The molecule has 0 spiro atoms. The number of allylic oxidation sites excluding steroid dienone is 5. The Morgan fingerprint density at radius 1 is 0.783 bits per heavy atom. The van der Waals surface area contributed by atoms with Gasteiger partial charge in [0.15, 0.2) is 0 Å². The largest absolute Gasteiger partial charge is 0.381 e. The van der Waals surface area contributed by atoms with E-state index in [1.807, 2.05) is 68.5 Å². The molecule has 0 saturated carbocycles. The minimum absolute atomic E-state index is 0.154.